The maximum absolute atomic E-state index is 13.5. The summed E-state index contributed by atoms with van der Waals surface area (Å²) in [5, 5.41) is 0.633. The number of Topliss-reactive ketones (excluding diaryl/α,β-unsaturated/α-hetero) is 1. The summed E-state index contributed by atoms with van der Waals surface area (Å²) in [4.78, 5) is 42.5. The van der Waals surface area contributed by atoms with Crippen LogP contribution in [0.5, 0.6) is 0 Å². The molecule has 0 bridgehead atoms. The minimum Gasteiger partial charge on any atom is -0.359 e. The smallest absolute Gasteiger partial charge is 0.240 e. The molecule has 0 N–H and O–H groups in total. The maximum Gasteiger partial charge on any atom is 0.240 e. The molecule has 0 aliphatic carbocycles. The molecular weight excluding hydrogens is 411 g/mol. The molecule has 29 heavy (non-hydrogen) atoms. The molecular formula is C22H16Cl2N2O3. The lowest BCUT2D eigenvalue weighted by Crippen LogP contribution is -2.43. The second-order valence-electron chi connectivity index (χ2n) is 7.55. The highest BCUT2D eigenvalue weighted by Gasteiger charge is 2.64. The number of benzene rings is 2. The zero-order valence-corrected chi connectivity index (χ0v) is 16.9. The van der Waals surface area contributed by atoms with Gasteiger partial charge >= 0.3 is 0 Å². The van der Waals surface area contributed by atoms with E-state index in [0.29, 0.717) is 5.02 Å². The van der Waals surface area contributed by atoms with Crippen LogP contribution in [0.1, 0.15) is 24.1 Å². The van der Waals surface area contributed by atoms with Gasteiger partial charge in [0.15, 0.2) is 5.78 Å². The van der Waals surface area contributed by atoms with Gasteiger partial charge < -0.3 is 4.90 Å². The molecule has 2 aromatic carbocycles. The fourth-order valence-electron chi connectivity index (χ4n) is 4.92. The summed E-state index contributed by atoms with van der Waals surface area (Å²) >= 11 is 12.4. The first-order chi connectivity index (χ1) is 13.9. The van der Waals surface area contributed by atoms with Crippen molar-refractivity contribution in [2.45, 2.75) is 19.0 Å². The molecule has 0 aromatic heterocycles. The lowest BCUT2D eigenvalue weighted by atomic mass is 9.84. The van der Waals surface area contributed by atoms with Gasteiger partial charge in [0.25, 0.3) is 0 Å². The van der Waals surface area contributed by atoms with Crippen LogP contribution in [0.25, 0.3) is 6.08 Å². The summed E-state index contributed by atoms with van der Waals surface area (Å²) in [6, 6.07) is 11.3. The normalized spacial score (nSPS) is 27.1. The van der Waals surface area contributed by atoms with Crippen LogP contribution in [-0.4, -0.2) is 28.5 Å². The zero-order valence-electron chi connectivity index (χ0n) is 15.4. The highest BCUT2D eigenvalue weighted by molar-refractivity contribution is 6.38. The van der Waals surface area contributed by atoms with Gasteiger partial charge in [-0.1, -0.05) is 47.5 Å². The Bertz CT molecular complexity index is 1110. The van der Waals surface area contributed by atoms with E-state index in [9.17, 15) is 14.4 Å². The average molecular weight is 427 g/mol. The number of imide groups is 1. The quantitative estimate of drug-likeness (QED) is 0.678. The number of nitrogens with zero attached hydrogens (tertiary/aromatic N) is 2. The third-order valence-electron chi connectivity index (χ3n) is 6.03. The molecule has 5 rings (SSSR count). The summed E-state index contributed by atoms with van der Waals surface area (Å²) in [6.45, 7) is 1.46. The molecule has 4 atom stereocenters. The number of fused-ring (bicyclic) bond motifs is 5. The predicted octanol–water partition coefficient (Wildman–Crippen LogP) is 4.10. The Labute approximate surface area is 177 Å². The molecule has 0 radical (unpaired) electrons. The van der Waals surface area contributed by atoms with Crippen LogP contribution in [0.2, 0.25) is 10.0 Å². The van der Waals surface area contributed by atoms with Crippen molar-refractivity contribution in [2.75, 3.05) is 4.90 Å². The van der Waals surface area contributed by atoms with E-state index in [1.807, 2.05) is 41.4 Å². The van der Waals surface area contributed by atoms with Gasteiger partial charge in [-0.25, -0.2) is 4.90 Å². The van der Waals surface area contributed by atoms with E-state index in [1.54, 1.807) is 12.1 Å². The summed E-state index contributed by atoms with van der Waals surface area (Å²) in [5.41, 5.74) is 2.18. The number of rotatable bonds is 2. The Morgan fingerprint density at radius 2 is 1.72 bits per heavy atom. The molecule has 5 nitrogen and oxygen atoms in total. The number of amides is 2. The van der Waals surface area contributed by atoms with Gasteiger partial charge in [-0.2, -0.15) is 0 Å². The molecule has 3 aliphatic heterocycles. The summed E-state index contributed by atoms with van der Waals surface area (Å²) in [5.74, 6) is -2.35. The predicted molar refractivity (Wildman–Crippen MR) is 110 cm³/mol. The zero-order chi connectivity index (χ0) is 20.4. The highest BCUT2D eigenvalue weighted by atomic mass is 35.5. The van der Waals surface area contributed by atoms with Gasteiger partial charge in [0.1, 0.15) is 0 Å². The molecule has 2 fully saturated rings. The number of ketones is 1. The van der Waals surface area contributed by atoms with Crippen LogP contribution < -0.4 is 4.90 Å². The molecule has 7 heteroatoms. The number of carbonyl (C=O) groups excluding carboxylic acids is 3. The fraction of sp³-hybridized carbons (Fsp3) is 0.227. The van der Waals surface area contributed by atoms with Crippen molar-refractivity contribution < 1.29 is 14.4 Å². The average Bonchev–Trinajstić information content (AvgIpc) is 3.17. The minimum absolute atomic E-state index is 0.147. The third kappa shape index (κ3) is 2.51. The lowest BCUT2D eigenvalue weighted by Gasteiger charge is -2.35. The Kier molecular flexibility index (Phi) is 4.09. The van der Waals surface area contributed by atoms with Gasteiger partial charge in [-0.05, 0) is 42.3 Å². The van der Waals surface area contributed by atoms with Gasteiger partial charge in [0.05, 0.1) is 34.6 Å². The maximum atomic E-state index is 13.5. The van der Waals surface area contributed by atoms with E-state index in [4.69, 9.17) is 23.2 Å². The number of hydrogen-bond donors (Lipinski definition) is 0. The Balaban J connectivity index is 1.67. The van der Waals surface area contributed by atoms with E-state index >= 15 is 0 Å². The number of hydrogen-bond acceptors (Lipinski definition) is 4. The first-order valence-electron chi connectivity index (χ1n) is 9.28. The molecule has 0 saturated carbocycles. The van der Waals surface area contributed by atoms with Crippen molar-refractivity contribution in [1.82, 2.24) is 4.90 Å². The number of halogens is 2. The van der Waals surface area contributed by atoms with E-state index < -0.39 is 23.8 Å². The van der Waals surface area contributed by atoms with Gasteiger partial charge in [-0.3, -0.25) is 14.4 Å². The van der Waals surface area contributed by atoms with Gasteiger partial charge in [0.2, 0.25) is 11.8 Å². The molecule has 3 heterocycles. The summed E-state index contributed by atoms with van der Waals surface area (Å²) in [7, 11) is 0. The van der Waals surface area contributed by atoms with E-state index in [-0.39, 0.29) is 28.4 Å². The van der Waals surface area contributed by atoms with Crippen LogP contribution in [0.15, 0.2) is 48.7 Å². The van der Waals surface area contributed by atoms with Crippen LogP contribution in [0.3, 0.4) is 0 Å². The summed E-state index contributed by atoms with van der Waals surface area (Å²) in [6.07, 6.45) is 3.75. The topological polar surface area (TPSA) is 57.7 Å². The SMILES string of the molecule is CC(=O)[C@H]1[C@H]2C(=O)N(c3cc(Cl)ccc3Cl)C(=O)[C@@H]2[C@H]2c3ccccc3C=CN21. The molecule has 0 unspecified atom stereocenters. The standard InChI is InChI=1S/C22H16Cl2N2O3/c1-11(27)19-17-18(20-14-5-3-2-4-12(14)8-9-25(19)20)22(29)26(21(17)28)16-10-13(23)6-7-15(16)24/h2-10,17-20H,1H3/t17-,18-,19-,20+/m0/s1. The Morgan fingerprint density at radius 1 is 1.00 bits per heavy atom. The van der Waals surface area contributed by atoms with Crippen molar-refractivity contribution >= 4 is 52.6 Å². The first kappa shape index (κ1) is 18.4. The number of anilines is 1. The second kappa shape index (κ2) is 6.44. The van der Waals surface area contributed by atoms with E-state index in [0.717, 1.165) is 16.0 Å². The fourth-order valence-corrected chi connectivity index (χ4v) is 5.28. The van der Waals surface area contributed by atoms with Crippen molar-refractivity contribution in [3.8, 4) is 0 Å². The third-order valence-corrected chi connectivity index (χ3v) is 6.58. The van der Waals surface area contributed by atoms with E-state index in [1.165, 1.54) is 13.0 Å². The summed E-state index contributed by atoms with van der Waals surface area (Å²) < 4.78 is 0. The van der Waals surface area contributed by atoms with Crippen molar-refractivity contribution in [2.24, 2.45) is 11.8 Å². The largest absolute Gasteiger partial charge is 0.359 e. The molecule has 2 saturated heterocycles. The van der Waals surface area contributed by atoms with Crippen molar-refractivity contribution in [3.63, 3.8) is 0 Å². The van der Waals surface area contributed by atoms with Crippen LogP contribution in [0, 0.1) is 11.8 Å². The first-order valence-corrected chi connectivity index (χ1v) is 10.0. The molecule has 146 valence electrons. The highest BCUT2D eigenvalue weighted by Crippen LogP contribution is 2.53. The van der Waals surface area contributed by atoms with Crippen LogP contribution in [-0.2, 0) is 14.4 Å². The monoisotopic (exact) mass is 426 g/mol. The van der Waals surface area contributed by atoms with Crippen molar-refractivity contribution in [1.29, 1.82) is 0 Å². The van der Waals surface area contributed by atoms with Crippen LogP contribution in [0.4, 0.5) is 5.69 Å². The van der Waals surface area contributed by atoms with Gasteiger partial charge in [-0.15, -0.1) is 0 Å². The Morgan fingerprint density at radius 3 is 2.48 bits per heavy atom. The minimum atomic E-state index is -0.768. The van der Waals surface area contributed by atoms with E-state index in [2.05, 4.69) is 0 Å². The molecule has 2 aromatic rings. The molecule has 3 aliphatic rings. The van der Waals surface area contributed by atoms with Crippen molar-refractivity contribution in [3.05, 3.63) is 69.8 Å². The Hall–Kier alpha value is -2.63. The molecule has 2 amide bonds. The van der Waals surface area contributed by atoms with Crippen LogP contribution >= 0.6 is 23.2 Å². The lowest BCUT2D eigenvalue weighted by molar-refractivity contribution is -0.129. The number of carbonyl (C=O) groups is 3. The second-order valence-corrected chi connectivity index (χ2v) is 8.40. The molecule has 0 spiro atoms. The van der Waals surface area contributed by atoms with Gasteiger partial charge in [0, 0.05) is 11.2 Å².